The number of carbonyl (C=O) groups is 1. The van der Waals surface area contributed by atoms with Crippen LogP contribution in [0.5, 0.6) is 5.75 Å². The third kappa shape index (κ3) is 3.56. The van der Waals surface area contributed by atoms with Gasteiger partial charge in [0.2, 0.25) is 5.95 Å². The zero-order valence-corrected chi connectivity index (χ0v) is 14.0. The lowest BCUT2D eigenvalue weighted by Crippen LogP contribution is -2.22. The molecule has 5 nitrogen and oxygen atoms in total. The number of amides is 1. The van der Waals surface area contributed by atoms with Gasteiger partial charge >= 0.3 is 0 Å². The van der Waals surface area contributed by atoms with Crippen LogP contribution in [0.4, 0.5) is 5.95 Å². The number of hydrogen-bond donors (Lipinski definition) is 1. The van der Waals surface area contributed by atoms with Crippen LogP contribution in [0.1, 0.15) is 18.9 Å². The van der Waals surface area contributed by atoms with Crippen LogP contribution in [0.3, 0.4) is 0 Å². The topological polar surface area (TPSA) is 56.2 Å². The van der Waals surface area contributed by atoms with Gasteiger partial charge in [-0.25, -0.2) is 4.98 Å². The van der Waals surface area contributed by atoms with E-state index in [0.717, 1.165) is 29.6 Å². The third-order valence-corrected chi connectivity index (χ3v) is 3.71. The van der Waals surface area contributed by atoms with Crippen molar-refractivity contribution in [2.45, 2.75) is 26.8 Å². The summed E-state index contributed by atoms with van der Waals surface area (Å²) in [6.45, 7) is 4.84. The molecule has 0 atom stereocenters. The number of para-hydroxylation sites is 2. The predicted molar refractivity (Wildman–Crippen MR) is 95.3 cm³/mol. The molecule has 0 aliphatic carbocycles. The molecule has 0 saturated heterocycles. The summed E-state index contributed by atoms with van der Waals surface area (Å²) in [4.78, 5) is 16.7. The Labute approximate surface area is 141 Å². The van der Waals surface area contributed by atoms with Crippen molar-refractivity contribution in [2.24, 2.45) is 0 Å². The highest BCUT2D eigenvalue weighted by Gasteiger charge is 2.13. The molecule has 124 valence electrons. The number of fused-ring (bicyclic) bond motifs is 1. The lowest BCUT2D eigenvalue weighted by molar-refractivity contribution is -0.118. The van der Waals surface area contributed by atoms with Gasteiger partial charge in [-0.05, 0) is 43.2 Å². The van der Waals surface area contributed by atoms with Crippen molar-refractivity contribution in [1.29, 1.82) is 0 Å². The smallest absolute Gasteiger partial charge is 0.264 e. The normalized spacial score (nSPS) is 10.8. The molecule has 1 heterocycles. The van der Waals surface area contributed by atoms with E-state index in [-0.39, 0.29) is 12.5 Å². The quantitative estimate of drug-likeness (QED) is 0.751. The first-order chi connectivity index (χ1) is 11.7. The number of aryl methyl sites for hydroxylation is 2. The molecule has 24 heavy (non-hydrogen) atoms. The first-order valence-corrected chi connectivity index (χ1v) is 8.12. The molecule has 0 aliphatic rings. The van der Waals surface area contributed by atoms with Crippen LogP contribution in [0.15, 0.2) is 48.5 Å². The zero-order chi connectivity index (χ0) is 16.9. The second-order valence-electron chi connectivity index (χ2n) is 5.73. The second-order valence-corrected chi connectivity index (χ2v) is 5.73. The fourth-order valence-electron chi connectivity index (χ4n) is 2.64. The standard InChI is InChI=1S/C19H21N3O2/c1-3-11-22-17-10-5-4-9-16(17)20-19(22)21-18(23)13-24-15-8-6-7-14(2)12-15/h4-10,12H,3,11,13H2,1-2H3,(H,20,21,23). The fourth-order valence-corrected chi connectivity index (χ4v) is 2.64. The zero-order valence-electron chi connectivity index (χ0n) is 14.0. The van der Waals surface area contributed by atoms with Crippen LogP contribution in [0, 0.1) is 6.92 Å². The minimum absolute atomic E-state index is 0.0429. The number of rotatable bonds is 6. The summed E-state index contributed by atoms with van der Waals surface area (Å²) in [6, 6.07) is 15.5. The molecule has 2 aromatic carbocycles. The summed E-state index contributed by atoms with van der Waals surface area (Å²) in [5.74, 6) is 1.03. The maximum absolute atomic E-state index is 12.2. The Bertz CT molecular complexity index is 855. The molecule has 3 aromatic rings. The number of carbonyl (C=O) groups excluding carboxylic acids is 1. The van der Waals surface area contributed by atoms with Gasteiger partial charge in [0.05, 0.1) is 11.0 Å². The molecule has 0 saturated carbocycles. The number of ether oxygens (including phenoxy) is 1. The van der Waals surface area contributed by atoms with E-state index in [0.29, 0.717) is 11.7 Å². The van der Waals surface area contributed by atoms with E-state index < -0.39 is 0 Å². The van der Waals surface area contributed by atoms with E-state index in [1.807, 2.05) is 60.0 Å². The van der Waals surface area contributed by atoms with Crippen molar-refractivity contribution in [3.8, 4) is 5.75 Å². The van der Waals surface area contributed by atoms with Crippen molar-refractivity contribution in [1.82, 2.24) is 9.55 Å². The van der Waals surface area contributed by atoms with Gasteiger partial charge in [-0.3, -0.25) is 10.1 Å². The highest BCUT2D eigenvalue weighted by atomic mass is 16.5. The largest absolute Gasteiger partial charge is 0.484 e. The molecule has 0 aliphatic heterocycles. The molecular weight excluding hydrogens is 302 g/mol. The summed E-state index contributed by atoms with van der Waals surface area (Å²) in [5, 5.41) is 2.86. The van der Waals surface area contributed by atoms with E-state index in [1.54, 1.807) is 0 Å². The van der Waals surface area contributed by atoms with Gasteiger partial charge < -0.3 is 9.30 Å². The van der Waals surface area contributed by atoms with Crippen LogP contribution in [0.25, 0.3) is 11.0 Å². The highest BCUT2D eigenvalue weighted by Crippen LogP contribution is 2.20. The predicted octanol–water partition coefficient (Wildman–Crippen LogP) is 3.77. The van der Waals surface area contributed by atoms with Crippen LogP contribution < -0.4 is 10.1 Å². The van der Waals surface area contributed by atoms with Gasteiger partial charge in [-0.15, -0.1) is 0 Å². The van der Waals surface area contributed by atoms with Crippen molar-refractivity contribution in [3.05, 3.63) is 54.1 Å². The first-order valence-electron chi connectivity index (χ1n) is 8.12. The van der Waals surface area contributed by atoms with Gasteiger partial charge in [0, 0.05) is 6.54 Å². The minimum Gasteiger partial charge on any atom is -0.484 e. The first kappa shape index (κ1) is 16.1. The Morgan fingerprint density at radius 2 is 2.04 bits per heavy atom. The SMILES string of the molecule is CCCn1c(NC(=O)COc2cccc(C)c2)nc2ccccc21. The number of hydrogen-bond acceptors (Lipinski definition) is 3. The lowest BCUT2D eigenvalue weighted by atomic mass is 10.2. The van der Waals surface area contributed by atoms with Gasteiger partial charge in [0.15, 0.2) is 6.61 Å². The molecular formula is C19H21N3O2. The van der Waals surface area contributed by atoms with E-state index in [9.17, 15) is 4.79 Å². The Morgan fingerprint density at radius 3 is 2.83 bits per heavy atom. The second kappa shape index (κ2) is 7.17. The molecule has 1 N–H and O–H groups in total. The lowest BCUT2D eigenvalue weighted by Gasteiger charge is -2.10. The summed E-state index contributed by atoms with van der Waals surface area (Å²) < 4.78 is 7.57. The fraction of sp³-hybridized carbons (Fsp3) is 0.263. The molecule has 0 fully saturated rings. The van der Waals surface area contributed by atoms with E-state index in [1.165, 1.54) is 0 Å². The average molecular weight is 323 g/mol. The summed E-state index contributed by atoms with van der Waals surface area (Å²) >= 11 is 0. The van der Waals surface area contributed by atoms with E-state index >= 15 is 0 Å². The van der Waals surface area contributed by atoms with Crippen LogP contribution >= 0.6 is 0 Å². The van der Waals surface area contributed by atoms with Gasteiger partial charge in [0.1, 0.15) is 5.75 Å². The number of benzene rings is 2. The molecule has 0 bridgehead atoms. The Kier molecular flexibility index (Phi) is 4.79. The summed E-state index contributed by atoms with van der Waals surface area (Å²) in [5.41, 5.74) is 2.99. The maximum atomic E-state index is 12.2. The number of nitrogens with zero attached hydrogens (tertiary/aromatic N) is 2. The Hall–Kier alpha value is -2.82. The summed E-state index contributed by atoms with van der Waals surface area (Å²) in [6.07, 6.45) is 0.961. The maximum Gasteiger partial charge on any atom is 0.264 e. The van der Waals surface area contributed by atoms with Gasteiger partial charge in [0.25, 0.3) is 5.91 Å². The van der Waals surface area contributed by atoms with Crippen molar-refractivity contribution >= 4 is 22.9 Å². The van der Waals surface area contributed by atoms with Gasteiger partial charge in [-0.1, -0.05) is 31.2 Å². The van der Waals surface area contributed by atoms with Crippen molar-refractivity contribution in [2.75, 3.05) is 11.9 Å². The van der Waals surface area contributed by atoms with Gasteiger partial charge in [-0.2, -0.15) is 0 Å². The molecule has 5 heteroatoms. The molecule has 3 rings (SSSR count). The van der Waals surface area contributed by atoms with Crippen molar-refractivity contribution < 1.29 is 9.53 Å². The summed E-state index contributed by atoms with van der Waals surface area (Å²) in [7, 11) is 0. The highest BCUT2D eigenvalue weighted by molar-refractivity contribution is 5.92. The number of nitrogens with one attached hydrogen (secondary N) is 1. The minimum atomic E-state index is -0.218. The van der Waals surface area contributed by atoms with Crippen LogP contribution in [0.2, 0.25) is 0 Å². The molecule has 0 radical (unpaired) electrons. The van der Waals surface area contributed by atoms with Crippen molar-refractivity contribution in [3.63, 3.8) is 0 Å². The molecule has 1 aromatic heterocycles. The average Bonchev–Trinajstić information content (AvgIpc) is 2.91. The number of aromatic nitrogens is 2. The Morgan fingerprint density at radius 1 is 1.21 bits per heavy atom. The molecule has 1 amide bonds. The number of imidazole rings is 1. The van der Waals surface area contributed by atoms with E-state index in [2.05, 4.69) is 17.2 Å². The monoisotopic (exact) mass is 323 g/mol. The van der Waals surface area contributed by atoms with Crippen LogP contribution in [-0.4, -0.2) is 22.1 Å². The molecule has 0 unspecified atom stereocenters. The Balaban J connectivity index is 1.72. The van der Waals surface area contributed by atoms with Crippen LogP contribution in [-0.2, 0) is 11.3 Å². The number of anilines is 1. The van der Waals surface area contributed by atoms with E-state index in [4.69, 9.17) is 4.74 Å². The third-order valence-electron chi connectivity index (χ3n) is 3.71. The molecule has 0 spiro atoms.